The lowest BCUT2D eigenvalue weighted by Gasteiger charge is -1.98. The summed E-state index contributed by atoms with van der Waals surface area (Å²) in [4.78, 5) is 0. The topological polar surface area (TPSA) is 12.5 Å². The third kappa shape index (κ3) is 2.80. The van der Waals surface area contributed by atoms with Crippen LogP contribution in [0.25, 0.3) is 0 Å². The zero-order valence-corrected chi connectivity index (χ0v) is 8.82. The Morgan fingerprint density at radius 3 is 2.58 bits per heavy atom. The van der Waals surface area contributed by atoms with Crippen molar-refractivity contribution in [2.45, 2.75) is 45.3 Å². The van der Waals surface area contributed by atoms with Gasteiger partial charge in [0.05, 0.1) is 11.7 Å². The van der Waals surface area contributed by atoms with Gasteiger partial charge in [0, 0.05) is 5.88 Å². The Bertz CT molecular complexity index is 184. The Balaban J connectivity index is 2.15. The van der Waals surface area contributed by atoms with Crippen LogP contribution in [0.5, 0.6) is 0 Å². The summed E-state index contributed by atoms with van der Waals surface area (Å²) >= 11 is 5.58. The number of halogens is 1. The molecule has 0 radical (unpaired) electrons. The number of hydrogen-bond acceptors (Lipinski definition) is 1. The number of alkyl halides is 1. The van der Waals surface area contributed by atoms with E-state index < -0.39 is 0 Å². The molecule has 0 amide bonds. The molecule has 0 aromatic carbocycles. The van der Waals surface area contributed by atoms with Gasteiger partial charge in [-0.25, -0.2) is 0 Å². The molecule has 70 valence electrons. The highest BCUT2D eigenvalue weighted by atomic mass is 35.5. The van der Waals surface area contributed by atoms with Gasteiger partial charge in [-0.15, -0.1) is 11.6 Å². The van der Waals surface area contributed by atoms with Crippen LogP contribution >= 0.6 is 11.6 Å². The molecule has 1 nitrogen and oxygen atoms in total. The fraction of sp³-hybridized carbons (Fsp3) is 0.800. The maximum absolute atomic E-state index is 5.58. The minimum absolute atomic E-state index is 0.140. The fourth-order valence-electron chi connectivity index (χ4n) is 1.33. The maximum Gasteiger partial charge on any atom is 0.0892 e. The molecule has 0 unspecified atom stereocenters. The van der Waals surface area contributed by atoms with Crippen molar-refractivity contribution in [3.05, 3.63) is 11.6 Å². The minimum Gasteiger partial charge on any atom is -0.367 e. The maximum atomic E-state index is 5.58. The van der Waals surface area contributed by atoms with E-state index in [4.69, 9.17) is 16.3 Å². The molecular formula is C10H17ClO. The summed E-state index contributed by atoms with van der Waals surface area (Å²) in [6.45, 7) is 6.40. The molecule has 0 aromatic heterocycles. The van der Waals surface area contributed by atoms with Gasteiger partial charge in [0.1, 0.15) is 0 Å². The van der Waals surface area contributed by atoms with Crippen LogP contribution in [0.15, 0.2) is 11.6 Å². The van der Waals surface area contributed by atoms with E-state index in [1.165, 1.54) is 5.57 Å². The van der Waals surface area contributed by atoms with Crippen molar-refractivity contribution >= 4 is 11.6 Å². The molecule has 1 aliphatic rings. The number of allylic oxidation sites excluding steroid dienone is 2. The Morgan fingerprint density at radius 1 is 1.58 bits per heavy atom. The quantitative estimate of drug-likeness (QED) is 0.375. The SMILES string of the molecule is C/C(=C\CCl)CC[C@@H]1OC1(C)C. The lowest BCUT2D eigenvalue weighted by molar-refractivity contribution is 0.320. The predicted octanol–water partition coefficient (Wildman–Crippen LogP) is 3.13. The number of epoxide rings is 1. The standard InChI is InChI=1S/C10H17ClO/c1-8(6-7-11)4-5-9-10(2,3)12-9/h6,9H,4-5,7H2,1-3H3/b8-6+/t9-/m0/s1. The summed E-state index contributed by atoms with van der Waals surface area (Å²) in [7, 11) is 0. The van der Waals surface area contributed by atoms with Gasteiger partial charge in [-0.1, -0.05) is 11.6 Å². The van der Waals surface area contributed by atoms with Crippen LogP contribution in [-0.4, -0.2) is 17.6 Å². The van der Waals surface area contributed by atoms with E-state index in [2.05, 4.69) is 26.8 Å². The van der Waals surface area contributed by atoms with Gasteiger partial charge < -0.3 is 4.74 Å². The van der Waals surface area contributed by atoms with Crippen LogP contribution < -0.4 is 0 Å². The summed E-state index contributed by atoms with van der Waals surface area (Å²) in [5.41, 5.74) is 1.51. The first-order valence-electron chi connectivity index (χ1n) is 4.45. The Hall–Kier alpha value is -0.0100. The molecule has 1 aliphatic heterocycles. The Labute approximate surface area is 79.7 Å². The van der Waals surface area contributed by atoms with Gasteiger partial charge in [0.25, 0.3) is 0 Å². The van der Waals surface area contributed by atoms with Crippen molar-refractivity contribution < 1.29 is 4.74 Å². The minimum atomic E-state index is 0.140. The van der Waals surface area contributed by atoms with Gasteiger partial charge in [-0.3, -0.25) is 0 Å². The Kier molecular flexibility index (Phi) is 3.19. The molecule has 0 saturated carbocycles. The molecule has 0 bridgehead atoms. The monoisotopic (exact) mass is 188 g/mol. The fourth-order valence-corrected chi connectivity index (χ4v) is 1.60. The summed E-state index contributed by atoms with van der Waals surface area (Å²) in [6, 6.07) is 0. The van der Waals surface area contributed by atoms with Crippen molar-refractivity contribution in [2.24, 2.45) is 0 Å². The first kappa shape index (κ1) is 10.1. The molecule has 1 heterocycles. The molecular weight excluding hydrogens is 172 g/mol. The molecule has 2 heteroatoms. The van der Waals surface area contributed by atoms with Crippen LogP contribution in [0.3, 0.4) is 0 Å². The zero-order valence-electron chi connectivity index (χ0n) is 8.06. The third-order valence-corrected chi connectivity index (χ3v) is 2.54. The van der Waals surface area contributed by atoms with E-state index in [0.29, 0.717) is 12.0 Å². The highest BCUT2D eigenvalue weighted by Gasteiger charge is 2.46. The van der Waals surface area contributed by atoms with Gasteiger partial charge >= 0.3 is 0 Å². The third-order valence-electron chi connectivity index (χ3n) is 2.39. The number of rotatable bonds is 4. The van der Waals surface area contributed by atoms with E-state index in [0.717, 1.165) is 12.8 Å². The van der Waals surface area contributed by atoms with Crippen LogP contribution in [0, 0.1) is 0 Å². The second-order valence-electron chi connectivity index (χ2n) is 3.95. The normalized spacial score (nSPS) is 27.3. The molecule has 1 atom stereocenters. The van der Waals surface area contributed by atoms with E-state index in [-0.39, 0.29) is 5.60 Å². The van der Waals surface area contributed by atoms with Crippen molar-refractivity contribution in [1.82, 2.24) is 0 Å². The van der Waals surface area contributed by atoms with Crippen LogP contribution in [0.4, 0.5) is 0 Å². The van der Waals surface area contributed by atoms with Crippen molar-refractivity contribution in [2.75, 3.05) is 5.88 Å². The summed E-state index contributed by atoms with van der Waals surface area (Å²) < 4.78 is 5.47. The molecule has 0 aromatic rings. The average Bonchev–Trinajstić information content (AvgIpc) is 2.56. The van der Waals surface area contributed by atoms with E-state index >= 15 is 0 Å². The van der Waals surface area contributed by atoms with Crippen LogP contribution in [-0.2, 0) is 4.74 Å². The Morgan fingerprint density at radius 2 is 2.17 bits per heavy atom. The lowest BCUT2D eigenvalue weighted by atomic mass is 10.0. The van der Waals surface area contributed by atoms with Gasteiger partial charge in [-0.2, -0.15) is 0 Å². The summed E-state index contributed by atoms with van der Waals surface area (Å²) in [6.07, 6.45) is 4.78. The summed E-state index contributed by atoms with van der Waals surface area (Å²) in [5.74, 6) is 0.626. The molecule has 0 aliphatic carbocycles. The zero-order chi connectivity index (χ0) is 9.19. The number of ether oxygens (including phenoxy) is 1. The van der Waals surface area contributed by atoms with Crippen LogP contribution in [0.2, 0.25) is 0 Å². The summed E-state index contributed by atoms with van der Waals surface area (Å²) in [5, 5.41) is 0. The molecule has 1 saturated heterocycles. The molecule has 0 spiro atoms. The van der Waals surface area contributed by atoms with Crippen molar-refractivity contribution in [3.8, 4) is 0 Å². The molecule has 1 fully saturated rings. The molecule has 0 N–H and O–H groups in total. The average molecular weight is 189 g/mol. The second kappa shape index (κ2) is 3.80. The first-order valence-corrected chi connectivity index (χ1v) is 4.99. The van der Waals surface area contributed by atoms with Gasteiger partial charge in [-0.05, 0) is 33.6 Å². The lowest BCUT2D eigenvalue weighted by Crippen LogP contribution is -2.02. The van der Waals surface area contributed by atoms with Crippen LogP contribution in [0.1, 0.15) is 33.6 Å². The van der Waals surface area contributed by atoms with Crippen molar-refractivity contribution in [1.29, 1.82) is 0 Å². The smallest absolute Gasteiger partial charge is 0.0892 e. The first-order chi connectivity index (χ1) is 5.56. The molecule has 12 heavy (non-hydrogen) atoms. The van der Waals surface area contributed by atoms with Gasteiger partial charge in [0.2, 0.25) is 0 Å². The number of hydrogen-bond donors (Lipinski definition) is 0. The second-order valence-corrected chi connectivity index (χ2v) is 4.26. The van der Waals surface area contributed by atoms with Gasteiger partial charge in [0.15, 0.2) is 0 Å². The van der Waals surface area contributed by atoms with Crippen molar-refractivity contribution in [3.63, 3.8) is 0 Å². The largest absolute Gasteiger partial charge is 0.367 e. The van der Waals surface area contributed by atoms with E-state index in [1.54, 1.807) is 0 Å². The highest BCUT2D eigenvalue weighted by Crippen LogP contribution is 2.38. The van der Waals surface area contributed by atoms with E-state index in [9.17, 15) is 0 Å². The highest BCUT2D eigenvalue weighted by molar-refractivity contribution is 6.18. The van der Waals surface area contributed by atoms with E-state index in [1.807, 2.05) is 0 Å². The predicted molar refractivity (Wildman–Crippen MR) is 52.7 cm³/mol. The molecule has 1 rings (SSSR count).